The largest absolute Gasteiger partial charge is 0.309 e. The fraction of sp³-hybridized carbons (Fsp3) is 0.286. The second kappa shape index (κ2) is 5.34. The highest BCUT2D eigenvalue weighted by atomic mass is 79.9. The van der Waals surface area contributed by atoms with Gasteiger partial charge in [0.1, 0.15) is 0 Å². The van der Waals surface area contributed by atoms with Crippen LogP contribution in [0.1, 0.15) is 28.3 Å². The molecule has 0 saturated heterocycles. The quantitative estimate of drug-likeness (QED) is 0.884. The maximum atomic E-state index is 3.52. The lowest BCUT2D eigenvalue weighted by atomic mass is 9.97. The van der Waals surface area contributed by atoms with Gasteiger partial charge in [0.25, 0.3) is 0 Å². The fourth-order valence-electron chi connectivity index (χ4n) is 1.94. The Balaban J connectivity index is 2.38. The van der Waals surface area contributed by atoms with Gasteiger partial charge in [0.15, 0.2) is 0 Å². The molecule has 0 spiro atoms. The molecule has 1 aromatic carbocycles. The van der Waals surface area contributed by atoms with Crippen LogP contribution in [0.2, 0.25) is 0 Å². The zero-order valence-electron chi connectivity index (χ0n) is 10.3. The highest BCUT2D eigenvalue weighted by Crippen LogP contribution is 2.29. The molecule has 0 aliphatic heterocycles. The van der Waals surface area contributed by atoms with E-state index >= 15 is 0 Å². The molecule has 0 bridgehead atoms. The number of hydrogen-bond acceptors (Lipinski definition) is 2. The summed E-state index contributed by atoms with van der Waals surface area (Å²) in [6.45, 7) is 4.31. The van der Waals surface area contributed by atoms with Crippen LogP contribution in [0.25, 0.3) is 0 Å². The van der Waals surface area contributed by atoms with Crippen molar-refractivity contribution in [2.24, 2.45) is 0 Å². The zero-order chi connectivity index (χ0) is 12.4. The summed E-state index contributed by atoms with van der Waals surface area (Å²) in [6.07, 6.45) is 0. The van der Waals surface area contributed by atoms with E-state index in [0.717, 1.165) is 0 Å². The Kier molecular flexibility index (Phi) is 4.02. The van der Waals surface area contributed by atoms with Crippen molar-refractivity contribution in [3.63, 3.8) is 0 Å². The Hall–Kier alpha value is -0.640. The molecule has 1 nitrogen and oxygen atoms in total. The molecule has 0 saturated carbocycles. The second-order valence-electron chi connectivity index (χ2n) is 4.25. The molecular formula is C14H16BrNS. The summed E-state index contributed by atoms with van der Waals surface area (Å²) in [5.74, 6) is 0. The Morgan fingerprint density at radius 2 is 1.88 bits per heavy atom. The van der Waals surface area contributed by atoms with Crippen LogP contribution in [0.4, 0.5) is 0 Å². The topological polar surface area (TPSA) is 12.0 Å². The maximum Gasteiger partial charge on any atom is 0.0701 e. The molecule has 1 unspecified atom stereocenters. The molecule has 1 N–H and O–H groups in total. The minimum atomic E-state index is 0.275. The molecule has 17 heavy (non-hydrogen) atoms. The normalized spacial score (nSPS) is 12.7. The highest BCUT2D eigenvalue weighted by Gasteiger charge is 2.13. The van der Waals surface area contributed by atoms with E-state index in [9.17, 15) is 0 Å². The molecule has 3 heteroatoms. The Labute approximate surface area is 115 Å². The van der Waals surface area contributed by atoms with Crippen LogP contribution < -0.4 is 5.32 Å². The molecule has 0 amide bonds. The van der Waals surface area contributed by atoms with E-state index in [1.807, 2.05) is 7.05 Å². The number of halogens is 1. The van der Waals surface area contributed by atoms with Gasteiger partial charge in [-0.2, -0.15) is 0 Å². The lowest BCUT2D eigenvalue weighted by molar-refractivity contribution is 0.693. The molecule has 0 radical (unpaired) electrons. The van der Waals surface area contributed by atoms with Gasteiger partial charge < -0.3 is 5.32 Å². The lowest BCUT2D eigenvalue weighted by Gasteiger charge is -2.16. The van der Waals surface area contributed by atoms with Crippen LogP contribution in [0.15, 0.2) is 33.4 Å². The average Bonchev–Trinajstić information content (AvgIpc) is 2.71. The van der Waals surface area contributed by atoms with Crippen molar-refractivity contribution < 1.29 is 0 Å². The monoisotopic (exact) mass is 309 g/mol. The number of hydrogen-bond donors (Lipinski definition) is 1. The van der Waals surface area contributed by atoms with Gasteiger partial charge in [0.05, 0.1) is 9.83 Å². The predicted octanol–water partition coefficient (Wildman–Crippen LogP) is 4.44. The van der Waals surface area contributed by atoms with Gasteiger partial charge in [-0.1, -0.05) is 18.2 Å². The molecule has 0 aliphatic carbocycles. The van der Waals surface area contributed by atoms with Gasteiger partial charge in [-0.3, -0.25) is 0 Å². The third-order valence-corrected chi connectivity index (χ3v) is 4.60. The standard InChI is InChI=1S/C14H16BrNS/c1-9-4-5-11(6-10(9)2)14(16-3)12-7-13(15)17-8-12/h4-8,14,16H,1-3H3. The van der Waals surface area contributed by atoms with E-state index in [4.69, 9.17) is 0 Å². The molecule has 2 aromatic rings. The third-order valence-electron chi connectivity index (χ3n) is 3.07. The van der Waals surface area contributed by atoms with E-state index in [1.54, 1.807) is 11.3 Å². The number of rotatable bonds is 3. The van der Waals surface area contributed by atoms with Crippen LogP contribution >= 0.6 is 27.3 Å². The Bertz CT molecular complexity index is 519. The summed E-state index contributed by atoms with van der Waals surface area (Å²) in [6, 6.07) is 9.12. The minimum absolute atomic E-state index is 0.275. The van der Waals surface area contributed by atoms with Crippen molar-refractivity contribution in [2.45, 2.75) is 19.9 Å². The molecule has 1 aromatic heterocycles. The Morgan fingerprint density at radius 3 is 2.41 bits per heavy atom. The fourth-order valence-corrected chi connectivity index (χ4v) is 3.15. The van der Waals surface area contributed by atoms with Crippen LogP contribution in [0, 0.1) is 13.8 Å². The van der Waals surface area contributed by atoms with Gasteiger partial charge in [-0.25, -0.2) is 0 Å². The summed E-state index contributed by atoms with van der Waals surface area (Å²) >= 11 is 5.25. The summed E-state index contributed by atoms with van der Waals surface area (Å²) in [5.41, 5.74) is 5.32. The van der Waals surface area contributed by atoms with Crippen molar-refractivity contribution in [1.29, 1.82) is 0 Å². The number of thiophene rings is 1. The van der Waals surface area contributed by atoms with Crippen molar-refractivity contribution in [3.05, 3.63) is 55.7 Å². The third kappa shape index (κ3) is 2.79. The molecule has 0 fully saturated rings. The predicted molar refractivity (Wildman–Crippen MR) is 78.8 cm³/mol. The first-order chi connectivity index (χ1) is 8.11. The number of aryl methyl sites for hydroxylation is 2. The van der Waals surface area contributed by atoms with Crippen molar-refractivity contribution in [2.75, 3.05) is 7.05 Å². The smallest absolute Gasteiger partial charge is 0.0701 e. The number of benzene rings is 1. The van der Waals surface area contributed by atoms with E-state index in [1.165, 1.54) is 26.0 Å². The van der Waals surface area contributed by atoms with Crippen molar-refractivity contribution in [3.8, 4) is 0 Å². The highest BCUT2D eigenvalue weighted by molar-refractivity contribution is 9.11. The summed E-state index contributed by atoms with van der Waals surface area (Å²) in [7, 11) is 2.01. The first kappa shape index (κ1) is 12.8. The van der Waals surface area contributed by atoms with Crippen LogP contribution in [-0.4, -0.2) is 7.05 Å². The van der Waals surface area contributed by atoms with Gasteiger partial charge >= 0.3 is 0 Å². The van der Waals surface area contributed by atoms with Crippen LogP contribution in [-0.2, 0) is 0 Å². The second-order valence-corrected chi connectivity index (χ2v) is 6.54. The van der Waals surface area contributed by atoms with Crippen LogP contribution in [0.3, 0.4) is 0 Å². The van der Waals surface area contributed by atoms with E-state index < -0.39 is 0 Å². The van der Waals surface area contributed by atoms with Gasteiger partial charge in [-0.05, 0) is 70.5 Å². The first-order valence-electron chi connectivity index (χ1n) is 5.60. The minimum Gasteiger partial charge on any atom is -0.309 e. The summed E-state index contributed by atoms with van der Waals surface area (Å²) < 4.78 is 1.18. The zero-order valence-corrected chi connectivity index (χ0v) is 12.7. The molecule has 0 aliphatic rings. The maximum absolute atomic E-state index is 3.52. The SMILES string of the molecule is CNC(c1csc(Br)c1)c1ccc(C)c(C)c1. The summed E-state index contributed by atoms with van der Waals surface area (Å²) in [5, 5.41) is 5.58. The average molecular weight is 310 g/mol. The summed E-state index contributed by atoms with van der Waals surface area (Å²) in [4.78, 5) is 0. The van der Waals surface area contributed by atoms with E-state index in [-0.39, 0.29) is 6.04 Å². The molecule has 1 heterocycles. The van der Waals surface area contributed by atoms with Crippen molar-refractivity contribution >= 4 is 27.3 Å². The Morgan fingerprint density at radius 1 is 1.12 bits per heavy atom. The van der Waals surface area contributed by atoms with E-state index in [0.29, 0.717) is 0 Å². The molecule has 90 valence electrons. The lowest BCUT2D eigenvalue weighted by Crippen LogP contribution is -2.17. The van der Waals surface area contributed by atoms with Crippen LogP contribution in [0.5, 0.6) is 0 Å². The molecular weight excluding hydrogens is 294 g/mol. The van der Waals surface area contributed by atoms with Gasteiger partial charge in [0.2, 0.25) is 0 Å². The first-order valence-corrected chi connectivity index (χ1v) is 7.27. The van der Waals surface area contributed by atoms with Crippen molar-refractivity contribution in [1.82, 2.24) is 5.32 Å². The van der Waals surface area contributed by atoms with Gasteiger partial charge in [-0.15, -0.1) is 11.3 Å². The van der Waals surface area contributed by atoms with E-state index in [2.05, 4.69) is 64.7 Å². The van der Waals surface area contributed by atoms with Gasteiger partial charge in [0, 0.05) is 0 Å². The molecule has 2 rings (SSSR count). The number of nitrogens with one attached hydrogen (secondary N) is 1. The molecule has 1 atom stereocenters.